The highest BCUT2D eigenvalue weighted by molar-refractivity contribution is 7.90. The molecule has 2 amide bonds. The summed E-state index contributed by atoms with van der Waals surface area (Å²) in [5, 5.41) is 9.40. The van der Waals surface area contributed by atoms with E-state index >= 15 is 0 Å². The first kappa shape index (κ1) is 19.3. The lowest BCUT2D eigenvalue weighted by molar-refractivity contribution is -0.168. The molecule has 27 heavy (non-hydrogen) atoms. The number of sulfone groups is 1. The number of hydrogen-bond donors (Lipinski definition) is 1. The van der Waals surface area contributed by atoms with Gasteiger partial charge < -0.3 is 14.9 Å². The van der Waals surface area contributed by atoms with Gasteiger partial charge >= 0.3 is 5.97 Å². The van der Waals surface area contributed by atoms with Gasteiger partial charge in [-0.2, -0.15) is 0 Å². The molecule has 8 nitrogen and oxygen atoms in total. The van der Waals surface area contributed by atoms with Gasteiger partial charge in [-0.15, -0.1) is 0 Å². The van der Waals surface area contributed by atoms with Gasteiger partial charge in [-0.3, -0.25) is 14.4 Å². The molecule has 1 aliphatic heterocycles. The standard InChI is InChI=1S/C18H22N2O6S/c1-27(25,26)14-5-2-4-13(12-14)15(21)19-8-10-20(11-9-19)16(22)18(17(23)24)6-3-7-18/h2,4-5,12H,3,6-11H2,1H3,(H,23,24). The number of benzene rings is 1. The molecular formula is C18H22N2O6S. The van der Waals surface area contributed by atoms with Crippen LogP contribution in [0.1, 0.15) is 29.6 Å². The summed E-state index contributed by atoms with van der Waals surface area (Å²) >= 11 is 0. The molecule has 0 unspecified atom stereocenters. The molecule has 1 saturated carbocycles. The van der Waals surface area contributed by atoms with Crippen LogP contribution in [0.4, 0.5) is 0 Å². The fraction of sp³-hybridized carbons (Fsp3) is 0.500. The smallest absolute Gasteiger partial charge is 0.319 e. The van der Waals surface area contributed by atoms with Gasteiger partial charge in [-0.05, 0) is 31.0 Å². The van der Waals surface area contributed by atoms with Crippen LogP contribution in [0, 0.1) is 5.41 Å². The molecule has 0 radical (unpaired) electrons. The molecule has 3 rings (SSSR count). The first-order valence-electron chi connectivity index (χ1n) is 8.77. The van der Waals surface area contributed by atoms with Crippen molar-refractivity contribution in [1.29, 1.82) is 0 Å². The molecule has 0 spiro atoms. The quantitative estimate of drug-likeness (QED) is 0.750. The summed E-state index contributed by atoms with van der Waals surface area (Å²) < 4.78 is 23.3. The Morgan fingerprint density at radius 1 is 1.04 bits per heavy atom. The van der Waals surface area contributed by atoms with Crippen molar-refractivity contribution < 1.29 is 27.9 Å². The molecule has 1 N–H and O–H groups in total. The SMILES string of the molecule is CS(=O)(=O)c1cccc(C(=O)N2CCN(C(=O)C3(C(=O)O)CCC3)CC2)c1. The zero-order valence-electron chi connectivity index (χ0n) is 15.1. The highest BCUT2D eigenvalue weighted by Gasteiger charge is 2.53. The number of aliphatic carboxylic acids is 1. The number of amides is 2. The van der Waals surface area contributed by atoms with Crippen molar-refractivity contribution in [2.24, 2.45) is 5.41 Å². The van der Waals surface area contributed by atoms with E-state index in [0.717, 1.165) is 12.7 Å². The number of carbonyl (C=O) groups excluding carboxylic acids is 2. The molecule has 0 aromatic heterocycles. The number of nitrogens with zero attached hydrogens (tertiary/aromatic N) is 2. The third-order valence-corrected chi connectivity index (χ3v) is 6.50. The van der Waals surface area contributed by atoms with Crippen molar-refractivity contribution in [1.82, 2.24) is 9.80 Å². The fourth-order valence-corrected chi connectivity index (χ4v) is 4.17. The summed E-state index contributed by atoms with van der Waals surface area (Å²) in [5.74, 6) is -1.74. The maximum absolute atomic E-state index is 12.7. The molecule has 2 aliphatic rings. The van der Waals surface area contributed by atoms with Crippen LogP contribution in [-0.4, -0.2) is 73.5 Å². The Hall–Kier alpha value is -2.42. The first-order valence-corrected chi connectivity index (χ1v) is 10.7. The molecule has 2 fully saturated rings. The second kappa shape index (κ2) is 6.95. The van der Waals surface area contributed by atoms with Gasteiger partial charge in [0.2, 0.25) is 5.91 Å². The van der Waals surface area contributed by atoms with Crippen molar-refractivity contribution in [2.75, 3.05) is 32.4 Å². The second-order valence-corrected chi connectivity index (χ2v) is 9.14. The van der Waals surface area contributed by atoms with E-state index < -0.39 is 21.2 Å². The summed E-state index contributed by atoms with van der Waals surface area (Å²) in [6.45, 7) is 1.10. The van der Waals surface area contributed by atoms with E-state index in [9.17, 15) is 27.9 Å². The van der Waals surface area contributed by atoms with E-state index in [-0.39, 0.29) is 48.5 Å². The van der Waals surface area contributed by atoms with Crippen LogP contribution in [-0.2, 0) is 19.4 Å². The Bertz CT molecular complexity index is 883. The average Bonchev–Trinajstić information content (AvgIpc) is 2.59. The van der Waals surface area contributed by atoms with E-state index in [0.29, 0.717) is 12.8 Å². The minimum Gasteiger partial charge on any atom is -0.480 e. The van der Waals surface area contributed by atoms with Crippen molar-refractivity contribution in [3.05, 3.63) is 29.8 Å². The zero-order chi connectivity index (χ0) is 19.8. The highest BCUT2D eigenvalue weighted by Crippen LogP contribution is 2.43. The van der Waals surface area contributed by atoms with Crippen LogP contribution < -0.4 is 0 Å². The van der Waals surface area contributed by atoms with E-state index in [1.54, 1.807) is 11.0 Å². The molecule has 1 aromatic rings. The molecule has 9 heteroatoms. The largest absolute Gasteiger partial charge is 0.480 e. The summed E-state index contributed by atoms with van der Waals surface area (Å²) in [7, 11) is -3.41. The monoisotopic (exact) mass is 394 g/mol. The molecule has 0 bridgehead atoms. The summed E-state index contributed by atoms with van der Waals surface area (Å²) in [5.41, 5.74) is -1.02. The number of hydrogen-bond acceptors (Lipinski definition) is 5. The zero-order valence-corrected chi connectivity index (χ0v) is 15.9. The Morgan fingerprint density at radius 3 is 2.11 bits per heavy atom. The van der Waals surface area contributed by atoms with Crippen LogP contribution in [0.3, 0.4) is 0 Å². The second-order valence-electron chi connectivity index (χ2n) is 7.13. The summed E-state index contributed by atoms with van der Waals surface area (Å²) in [6.07, 6.45) is 2.53. The first-order chi connectivity index (χ1) is 12.6. The Morgan fingerprint density at radius 2 is 1.63 bits per heavy atom. The molecule has 1 heterocycles. The minimum absolute atomic E-state index is 0.0792. The molecular weight excluding hydrogens is 372 g/mol. The third-order valence-electron chi connectivity index (χ3n) is 5.39. The van der Waals surface area contributed by atoms with Gasteiger partial charge in [0, 0.05) is 38.0 Å². The van der Waals surface area contributed by atoms with Crippen LogP contribution >= 0.6 is 0 Å². The fourth-order valence-electron chi connectivity index (χ4n) is 3.51. The lowest BCUT2D eigenvalue weighted by atomic mass is 9.67. The van der Waals surface area contributed by atoms with Crippen molar-refractivity contribution in [3.63, 3.8) is 0 Å². The van der Waals surface area contributed by atoms with E-state index in [4.69, 9.17) is 0 Å². The molecule has 1 aliphatic carbocycles. The predicted octanol–water partition coefficient (Wildman–Crippen LogP) is 0.629. The van der Waals surface area contributed by atoms with Crippen molar-refractivity contribution in [2.45, 2.75) is 24.2 Å². The lowest BCUT2D eigenvalue weighted by Crippen LogP contribution is -2.58. The van der Waals surface area contributed by atoms with Crippen LogP contribution in [0.2, 0.25) is 0 Å². The number of carboxylic acids is 1. The molecule has 0 atom stereocenters. The Labute approximate surface area is 157 Å². The Balaban J connectivity index is 1.67. The van der Waals surface area contributed by atoms with Crippen LogP contribution in [0.5, 0.6) is 0 Å². The minimum atomic E-state index is -3.41. The van der Waals surface area contributed by atoms with Crippen molar-refractivity contribution in [3.8, 4) is 0 Å². The van der Waals surface area contributed by atoms with Gasteiger partial charge in [-0.25, -0.2) is 8.42 Å². The van der Waals surface area contributed by atoms with Crippen molar-refractivity contribution >= 4 is 27.6 Å². The van der Waals surface area contributed by atoms with Gasteiger partial charge in [0.05, 0.1) is 4.90 Å². The van der Waals surface area contributed by atoms with Gasteiger partial charge in [0.25, 0.3) is 5.91 Å². The number of piperazine rings is 1. The van der Waals surface area contributed by atoms with E-state index in [2.05, 4.69) is 0 Å². The average molecular weight is 394 g/mol. The third kappa shape index (κ3) is 3.55. The summed E-state index contributed by atoms with van der Waals surface area (Å²) in [4.78, 5) is 39.9. The van der Waals surface area contributed by atoms with E-state index in [1.807, 2.05) is 0 Å². The topological polar surface area (TPSA) is 112 Å². The van der Waals surface area contributed by atoms with Crippen LogP contribution in [0.15, 0.2) is 29.2 Å². The number of carboxylic acid groups (broad SMARTS) is 1. The highest BCUT2D eigenvalue weighted by atomic mass is 32.2. The Kier molecular flexibility index (Phi) is 4.98. The number of rotatable bonds is 4. The van der Waals surface area contributed by atoms with E-state index in [1.165, 1.54) is 23.1 Å². The van der Waals surface area contributed by atoms with Gasteiger partial charge in [0.1, 0.15) is 5.41 Å². The molecule has 1 aromatic carbocycles. The molecule has 146 valence electrons. The maximum atomic E-state index is 12.7. The number of carbonyl (C=O) groups is 3. The normalized spacial score (nSPS) is 19.3. The lowest BCUT2D eigenvalue weighted by Gasteiger charge is -2.43. The van der Waals surface area contributed by atoms with Gasteiger partial charge in [0.15, 0.2) is 9.84 Å². The summed E-state index contributed by atoms with van der Waals surface area (Å²) in [6, 6.07) is 5.87. The van der Waals surface area contributed by atoms with Crippen LogP contribution in [0.25, 0.3) is 0 Å². The molecule has 1 saturated heterocycles. The maximum Gasteiger partial charge on any atom is 0.319 e. The predicted molar refractivity (Wildman–Crippen MR) is 96.0 cm³/mol. The van der Waals surface area contributed by atoms with Gasteiger partial charge in [-0.1, -0.05) is 12.5 Å².